The molecule has 2 rings (SSSR count). The van der Waals surface area contributed by atoms with E-state index >= 15 is 0 Å². The summed E-state index contributed by atoms with van der Waals surface area (Å²) in [6.07, 6.45) is 5.17. The molecule has 1 heterocycles. The molecule has 0 unspecified atom stereocenters. The van der Waals surface area contributed by atoms with Crippen molar-refractivity contribution >= 4 is 5.91 Å². The van der Waals surface area contributed by atoms with Crippen molar-refractivity contribution in [3.05, 3.63) is 18.0 Å². The molecule has 0 aromatic carbocycles. The first-order valence-electron chi connectivity index (χ1n) is 6.49. The molecule has 5 heteroatoms. The number of aliphatic hydroxyl groups is 1. The zero-order valence-electron chi connectivity index (χ0n) is 11.0. The van der Waals surface area contributed by atoms with E-state index in [1.807, 2.05) is 0 Å². The van der Waals surface area contributed by atoms with Crippen molar-refractivity contribution in [1.29, 1.82) is 0 Å². The van der Waals surface area contributed by atoms with Crippen LogP contribution >= 0.6 is 0 Å². The predicted molar refractivity (Wildman–Crippen MR) is 68.1 cm³/mol. The van der Waals surface area contributed by atoms with E-state index in [0.717, 1.165) is 25.7 Å². The summed E-state index contributed by atoms with van der Waals surface area (Å²) in [7, 11) is 1.73. The Bertz CT molecular complexity index is 420. The highest BCUT2D eigenvalue weighted by molar-refractivity contribution is 5.92. The number of nitrogens with zero attached hydrogens (tertiary/aromatic N) is 2. The molecule has 1 aliphatic rings. The SMILES string of the molecule is CC1CCC(O)(CNC(=O)c2ccnn2C)CC1. The van der Waals surface area contributed by atoms with E-state index in [1.165, 1.54) is 4.68 Å². The van der Waals surface area contributed by atoms with Gasteiger partial charge in [-0.15, -0.1) is 0 Å². The first-order valence-corrected chi connectivity index (χ1v) is 6.49. The van der Waals surface area contributed by atoms with Crippen LogP contribution in [0.5, 0.6) is 0 Å². The van der Waals surface area contributed by atoms with E-state index < -0.39 is 5.60 Å². The molecule has 2 N–H and O–H groups in total. The van der Waals surface area contributed by atoms with Gasteiger partial charge in [-0.3, -0.25) is 9.48 Å². The molecule has 1 aliphatic carbocycles. The molecule has 1 aromatic heterocycles. The van der Waals surface area contributed by atoms with Gasteiger partial charge in [-0.05, 0) is 37.7 Å². The lowest BCUT2D eigenvalue weighted by atomic mass is 9.79. The number of carbonyl (C=O) groups is 1. The summed E-state index contributed by atoms with van der Waals surface area (Å²) in [4.78, 5) is 11.9. The van der Waals surface area contributed by atoms with Gasteiger partial charge in [0.25, 0.3) is 5.91 Å². The predicted octanol–water partition coefficient (Wildman–Crippen LogP) is 1.09. The third kappa shape index (κ3) is 2.90. The summed E-state index contributed by atoms with van der Waals surface area (Å²) in [6.45, 7) is 2.53. The van der Waals surface area contributed by atoms with Crippen LogP contribution in [0.2, 0.25) is 0 Å². The third-order valence-corrected chi connectivity index (χ3v) is 3.84. The fraction of sp³-hybridized carbons (Fsp3) is 0.692. The van der Waals surface area contributed by atoms with Gasteiger partial charge in [0.2, 0.25) is 0 Å². The molecule has 5 nitrogen and oxygen atoms in total. The van der Waals surface area contributed by atoms with Gasteiger partial charge in [-0.1, -0.05) is 6.92 Å². The van der Waals surface area contributed by atoms with Crippen LogP contribution in [0.25, 0.3) is 0 Å². The molecule has 1 fully saturated rings. The Hall–Kier alpha value is -1.36. The molecule has 0 spiro atoms. The molecule has 18 heavy (non-hydrogen) atoms. The zero-order valence-corrected chi connectivity index (χ0v) is 11.0. The fourth-order valence-corrected chi connectivity index (χ4v) is 2.41. The van der Waals surface area contributed by atoms with Gasteiger partial charge in [0, 0.05) is 19.8 Å². The molecule has 0 saturated heterocycles. The standard InChI is InChI=1S/C13H21N3O2/c1-10-3-6-13(18,7-4-10)9-14-12(17)11-5-8-15-16(11)2/h5,8,10,18H,3-4,6-7,9H2,1-2H3,(H,14,17). The second-order valence-electron chi connectivity index (χ2n) is 5.43. The van der Waals surface area contributed by atoms with Crippen molar-refractivity contribution in [1.82, 2.24) is 15.1 Å². The number of aryl methyl sites for hydroxylation is 1. The lowest BCUT2D eigenvalue weighted by Crippen LogP contribution is -2.45. The summed E-state index contributed by atoms with van der Waals surface area (Å²) in [6, 6.07) is 1.67. The van der Waals surface area contributed by atoms with Gasteiger partial charge in [0.05, 0.1) is 5.60 Å². The van der Waals surface area contributed by atoms with E-state index in [0.29, 0.717) is 18.2 Å². The summed E-state index contributed by atoms with van der Waals surface area (Å²) < 4.78 is 1.53. The van der Waals surface area contributed by atoms with Crippen molar-refractivity contribution in [2.45, 2.75) is 38.2 Å². The first-order chi connectivity index (χ1) is 8.50. The lowest BCUT2D eigenvalue weighted by Gasteiger charge is -2.34. The molecule has 100 valence electrons. The topological polar surface area (TPSA) is 67.2 Å². The maximum absolute atomic E-state index is 11.9. The van der Waals surface area contributed by atoms with Crippen molar-refractivity contribution in [3.8, 4) is 0 Å². The Labute approximate surface area is 107 Å². The molecule has 1 aromatic rings. The highest BCUT2D eigenvalue weighted by atomic mass is 16.3. The first kappa shape index (κ1) is 13.1. The van der Waals surface area contributed by atoms with Crippen molar-refractivity contribution in [2.24, 2.45) is 13.0 Å². The Balaban J connectivity index is 1.88. The van der Waals surface area contributed by atoms with Crippen LogP contribution < -0.4 is 5.32 Å². The number of aromatic nitrogens is 2. The maximum atomic E-state index is 11.9. The van der Waals surface area contributed by atoms with E-state index in [1.54, 1.807) is 19.3 Å². The monoisotopic (exact) mass is 251 g/mol. The van der Waals surface area contributed by atoms with Gasteiger partial charge in [0.15, 0.2) is 0 Å². The van der Waals surface area contributed by atoms with Gasteiger partial charge in [-0.2, -0.15) is 5.10 Å². The summed E-state index contributed by atoms with van der Waals surface area (Å²) >= 11 is 0. The van der Waals surface area contributed by atoms with Gasteiger partial charge in [-0.25, -0.2) is 0 Å². The third-order valence-electron chi connectivity index (χ3n) is 3.84. The molecule has 0 radical (unpaired) electrons. The van der Waals surface area contributed by atoms with E-state index in [4.69, 9.17) is 0 Å². The van der Waals surface area contributed by atoms with Crippen molar-refractivity contribution in [3.63, 3.8) is 0 Å². The summed E-state index contributed by atoms with van der Waals surface area (Å²) in [5.41, 5.74) is -0.219. The van der Waals surface area contributed by atoms with Gasteiger partial charge in [0.1, 0.15) is 5.69 Å². The molecule has 0 bridgehead atoms. The van der Waals surface area contributed by atoms with Crippen LogP contribution in [0, 0.1) is 5.92 Å². The zero-order chi connectivity index (χ0) is 13.2. The minimum Gasteiger partial charge on any atom is -0.388 e. The van der Waals surface area contributed by atoms with E-state index in [2.05, 4.69) is 17.3 Å². The Morgan fingerprint density at radius 1 is 1.61 bits per heavy atom. The second kappa shape index (κ2) is 5.10. The number of rotatable bonds is 3. The number of hydrogen-bond donors (Lipinski definition) is 2. The summed E-state index contributed by atoms with van der Waals surface area (Å²) in [5.74, 6) is 0.500. The largest absolute Gasteiger partial charge is 0.388 e. The molecule has 0 aliphatic heterocycles. The van der Waals surface area contributed by atoms with Crippen molar-refractivity contribution < 1.29 is 9.90 Å². The van der Waals surface area contributed by atoms with Crippen LogP contribution in [0.4, 0.5) is 0 Å². The van der Waals surface area contributed by atoms with Gasteiger partial charge < -0.3 is 10.4 Å². The number of amides is 1. The minimum atomic E-state index is -0.735. The molecule has 1 saturated carbocycles. The number of nitrogens with one attached hydrogen (secondary N) is 1. The average molecular weight is 251 g/mol. The Morgan fingerprint density at radius 2 is 2.28 bits per heavy atom. The summed E-state index contributed by atoms with van der Waals surface area (Å²) in [5, 5.41) is 17.1. The quantitative estimate of drug-likeness (QED) is 0.845. The number of carbonyl (C=O) groups excluding carboxylic acids is 1. The Kier molecular flexibility index (Phi) is 3.71. The van der Waals surface area contributed by atoms with Gasteiger partial charge >= 0.3 is 0 Å². The Morgan fingerprint density at radius 3 is 2.83 bits per heavy atom. The highest BCUT2D eigenvalue weighted by Gasteiger charge is 2.32. The fourth-order valence-electron chi connectivity index (χ4n) is 2.41. The molecular weight excluding hydrogens is 230 g/mol. The number of hydrogen-bond acceptors (Lipinski definition) is 3. The van der Waals surface area contributed by atoms with E-state index in [-0.39, 0.29) is 5.91 Å². The normalized spacial score (nSPS) is 28.1. The average Bonchev–Trinajstić information content (AvgIpc) is 2.77. The van der Waals surface area contributed by atoms with Crippen LogP contribution in [-0.2, 0) is 7.05 Å². The van der Waals surface area contributed by atoms with Crippen LogP contribution in [0.3, 0.4) is 0 Å². The lowest BCUT2D eigenvalue weighted by molar-refractivity contribution is -0.00547. The highest BCUT2D eigenvalue weighted by Crippen LogP contribution is 2.31. The van der Waals surface area contributed by atoms with Crippen LogP contribution in [0.15, 0.2) is 12.3 Å². The molecule has 0 atom stereocenters. The van der Waals surface area contributed by atoms with Crippen LogP contribution in [-0.4, -0.2) is 32.9 Å². The molecular formula is C13H21N3O2. The molecule has 1 amide bonds. The van der Waals surface area contributed by atoms with Crippen LogP contribution in [0.1, 0.15) is 43.1 Å². The van der Waals surface area contributed by atoms with E-state index in [9.17, 15) is 9.90 Å². The minimum absolute atomic E-state index is 0.179. The second-order valence-corrected chi connectivity index (χ2v) is 5.43. The maximum Gasteiger partial charge on any atom is 0.269 e. The van der Waals surface area contributed by atoms with Crippen molar-refractivity contribution in [2.75, 3.05) is 6.54 Å². The smallest absolute Gasteiger partial charge is 0.269 e.